The Morgan fingerprint density at radius 1 is 0.321 bits per heavy atom. The predicted molar refractivity (Wildman–Crippen MR) is 233 cm³/mol. The lowest BCUT2D eigenvalue weighted by Crippen LogP contribution is -2.00. The number of thiophene rings is 1. The first kappa shape index (κ1) is 32.2. The molecule has 0 spiro atoms. The molecule has 4 nitrogen and oxygen atoms in total. The summed E-state index contributed by atoms with van der Waals surface area (Å²) >= 11 is 1.83. The first-order valence-corrected chi connectivity index (χ1v) is 19.5. The van der Waals surface area contributed by atoms with Crippen molar-refractivity contribution in [2.24, 2.45) is 0 Å². The summed E-state index contributed by atoms with van der Waals surface area (Å²) in [6.45, 7) is 0. The van der Waals surface area contributed by atoms with Gasteiger partial charge in [-0.15, -0.1) is 11.3 Å². The molecule has 0 saturated carbocycles. The van der Waals surface area contributed by atoms with Crippen molar-refractivity contribution in [2.75, 3.05) is 0 Å². The number of hydrogen-bond acceptors (Lipinski definition) is 5. The Hall–Kier alpha value is -7.21. The average Bonchev–Trinajstić information content (AvgIpc) is 3.85. The fourth-order valence-electron chi connectivity index (χ4n) is 7.85. The highest BCUT2D eigenvalue weighted by atomic mass is 32.1. The topological polar surface area (TPSA) is 51.8 Å². The minimum absolute atomic E-state index is 0.592. The maximum atomic E-state index is 6.64. The second kappa shape index (κ2) is 13.3. The maximum absolute atomic E-state index is 6.64. The zero-order valence-electron chi connectivity index (χ0n) is 30.1. The number of fused-ring (bicyclic) bond motifs is 6. The molecular weight excluding hydrogens is 703 g/mol. The summed E-state index contributed by atoms with van der Waals surface area (Å²) in [6.07, 6.45) is 0. The Morgan fingerprint density at radius 2 is 0.893 bits per heavy atom. The number of aromatic nitrogens is 3. The second-order valence-corrected chi connectivity index (χ2v) is 15.1. The second-order valence-electron chi connectivity index (χ2n) is 14.0. The van der Waals surface area contributed by atoms with Gasteiger partial charge in [-0.05, 0) is 63.7 Å². The fraction of sp³-hybridized carbons (Fsp3) is 0. The summed E-state index contributed by atoms with van der Waals surface area (Å²) in [5.74, 6) is 1.82. The van der Waals surface area contributed by atoms with Gasteiger partial charge in [-0.3, -0.25) is 0 Å². The average molecular weight is 734 g/mol. The summed E-state index contributed by atoms with van der Waals surface area (Å²) in [5, 5.41) is 4.47. The van der Waals surface area contributed by atoms with Gasteiger partial charge in [0.25, 0.3) is 0 Å². The van der Waals surface area contributed by atoms with Gasteiger partial charge in [-0.25, -0.2) is 15.0 Å². The highest BCUT2D eigenvalue weighted by Gasteiger charge is 2.21. The smallest absolute Gasteiger partial charge is 0.164 e. The Bertz CT molecular complexity index is 3230. The third kappa shape index (κ3) is 5.56. The van der Waals surface area contributed by atoms with Crippen molar-refractivity contribution in [2.45, 2.75) is 0 Å². The Morgan fingerprint density at radius 3 is 1.62 bits per heavy atom. The largest absolute Gasteiger partial charge is 0.456 e. The van der Waals surface area contributed by atoms with Crippen LogP contribution < -0.4 is 0 Å². The van der Waals surface area contributed by atoms with Crippen LogP contribution in [0.15, 0.2) is 192 Å². The molecule has 0 amide bonds. The van der Waals surface area contributed by atoms with E-state index in [1.54, 1.807) is 0 Å². The quantitative estimate of drug-likeness (QED) is 0.171. The number of benzene rings is 8. The Labute approximate surface area is 327 Å². The van der Waals surface area contributed by atoms with Gasteiger partial charge in [0, 0.05) is 47.6 Å². The van der Waals surface area contributed by atoms with Crippen molar-refractivity contribution in [1.82, 2.24) is 15.0 Å². The fourth-order valence-corrected chi connectivity index (χ4v) is 9.02. The summed E-state index contributed by atoms with van der Waals surface area (Å²) in [7, 11) is 0. The molecule has 11 rings (SSSR count). The van der Waals surface area contributed by atoms with Gasteiger partial charge in [-0.1, -0.05) is 158 Å². The summed E-state index contributed by atoms with van der Waals surface area (Å²) in [5.41, 5.74) is 11.3. The molecule has 0 aliphatic carbocycles. The maximum Gasteiger partial charge on any atom is 0.164 e. The molecule has 0 aliphatic heterocycles. The van der Waals surface area contributed by atoms with Crippen LogP contribution in [0.1, 0.15) is 0 Å². The highest BCUT2D eigenvalue weighted by Crippen LogP contribution is 2.45. The molecule has 3 aromatic heterocycles. The predicted octanol–water partition coefficient (Wildman–Crippen LogP) is 14.1. The van der Waals surface area contributed by atoms with Gasteiger partial charge >= 0.3 is 0 Å². The van der Waals surface area contributed by atoms with E-state index in [4.69, 9.17) is 19.4 Å². The molecule has 0 saturated heterocycles. The molecule has 11 aromatic rings. The number of hydrogen-bond donors (Lipinski definition) is 0. The summed E-state index contributed by atoms with van der Waals surface area (Å²) in [6, 6.07) is 65.6. The third-order valence-corrected chi connectivity index (χ3v) is 11.7. The molecule has 3 heterocycles. The van der Waals surface area contributed by atoms with Crippen molar-refractivity contribution in [3.8, 4) is 67.5 Å². The minimum Gasteiger partial charge on any atom is -0.456 e. The van der Waals surface area contributed by atoms with E-state index in [1.165, 1.54) is 31.3 Å². The molecular formula is C51H31N3OS. The standard InChI is InChI=1S/C51H31N3OS/c1-4-13-32(14-5-1)34-23-25-36(26-24-34)50-52-49(35-17-8-3-9-18-35)53-51(54-50)42-29-38(30-44-47(42)40-19-10-11-21-43(40)55-44)39-20-12-22-45-48(39)41-28-27-37(31-46(41)56-45)33-15-6-2-7-16-33/h1-31H. The highest BCUT2D eigenvalue weighted by molar-refractivity contribution is 7.26. The molecule has 8 aromatic carbocycles. The van der Waals surface area contributed by atoms with Gasteiger partial charge in [-0.2, -0.15) is 0 Å². The van der Waals surface area contributed by atoms with Gasteiger partial charge in [0.2, 0.25) is 0 Å². The van der Waals surface area contributed by atoms with Crippen LogP contribution in [0.3, 0.4) is 0 Å². The summed E-state index contributed by atoms with van der Waals surface area (Å²) < 4.78 is 9.13. The van der Waals surface area contributed by atoms with E-state index in [0.29, 0.717) is 17.5 Å². The zero-order chi connectivity index (χ0) is 37.0. The SMILES string of the molecule is c1ccc(-c2ccc(-c3nc(-c4ccccc4)nc(-c4cc(-c5cccc6sc7cc(-c8ccccc8)ccc7c56)cc5oc6ccccc6c45)n3)cc2)cc1. The van der Waals surface area contributed by atoms with Crippen molar-refractivity contribution >= 4 is 53.4 Å². The molecule has 0 radical (unpaired) electrons. The molecule has 0 aliphatic rings. The number of para-hydroxylation sites is 1. The molecule has 262 valence electrons. The van der Waals surface area contributed by atoms with E-state index in [1.807, 2.05) is 59.9 Å². The van der Waals surface area contributed by atoms with Gasteiger partial charge in [0.15, 0.2) is 17.5 Å². The van der Waals surface area contributed by atoms with E-state index in [2.05, 4.69) is 140 Å². The van der Waals surface area contributed by atoms with Crippen LogP contribution >= 0.6 is 11.3 Å². The Kier molecular flexibility index (Phi) is 7.64. The van der Waals surface area contributed by atoms with Crippen LogP contribution in [-0.4, -0.2) is 15.0 Å². The molecule has 0 unspecified atom stereocenters. The molecule has 5 heteroatoms. The number of nitrogens with zero attached hydrogens (tertiary/aromatic N) is 3. The van der Waals surface area contributed by atoms with Crippen LogP contribution in [0, 0.1) is 0 Å². The monoisotopic (exact) mass is 733 g/mol. The van der Waals surface area contributed by atoms with E-state index in [-0.39, 0.29) is 0 Å². The van der Waals surface area contributed by atoms with Crippen molar-refractivity contribution in [3.63, 3.8) is 0 Å². The molecule has 0 fully saturated rings. The molecule has 0 atom stereocenters. The van der Waals surface area contributed by atoms with E-state index in [9.17, 15) is 0 Å². The van der Waals surface area contributed by atoms with Crippen LogP contribution in [0.2, 0.25) is 0 Å². The van der Waals surface area contributed by atoms with Gasteiger partial charge < -0.3 is 4.42 Å². The minimum atomic E-state index is 0.592. The molecule has 56 heavy (non-hydrogen) atoms. The van der Waals surface area contributed by atoms with Crippen molar-refractivity contribution in [1.29, 1.82) is 0 Å². The lowest BCUT2D eigenvalue weighted by Gasteiger charge is -2.12. The lowest BCUT2D eigenvalue weighted by molar-refractivity contribution is 0.669. The molecule has 0 bridgehead atoms. The van der Waals surface area contributed by atoms with E-state index < -0.39 is 0 Å². The third-order valence-electron chi connectivity index (χ3n) is 10.6. The van der Waals surface area contributed by atoms with Gasteiger partial charge in [0.05, 0.1) is 0 Å². The van der Waals surface area contributed by atoms with Gasteiger partial charge in [0.1, 0.15) is 11.2 Å². The van der Waals surface area contributed by atoms with Crippen molar-refractivity contribution in [3.05, 3.63) is 188 Å². The number of rotatable bonds is 6. The van der Waals surface area contributed by atoms with Crippen LogP contribution in [0.4, 0.5) is 0 Å². The molecule has 0 N–H and O–H groups in total. The van der Waals surface area contributed by atoms with Crippen LogP contribution in [0.25, 0.3) is 110 Å². The first-order valence-electron chi connectivity index (χ1n) is 18.7. The van der Waals surface area contributed by atoms with Crippen molar-refractivity contribution < 1.29 is 4.42 Å². The zero-order valence-corrected chi connectivity index (χ0v) is 30.9. The van der Waals surface area contributed by atoms with E-state index in [0.717, 1.165) is 60.9 Å². The number of furan rings is 1. The Balaban J connectivity index is 1.13. The first-order chi connectivity index (χ1) is 27.7. The lowest BCUT2D eigenvalue weighted by atomic mass is 9.94. The summed E-state index contributed by atoms with van der Waals surface area (Å²) in [4.78, 5) is 15.5. The van der Waals surface area contributed by atoms with Crippen LogP contribution in [0.5, 0.6) is 0 Å². The van der Waals surface area contributed by atoms with E-state index >= 15 is 0 Å². The normalized spacial score (nSPS) is 11.6. The van der Waals surface area contributed by atoms with Crippen LogP contribution in [-0.2, 0) is 0 Å².